The lowest BCUT2D eigenvalue weighted by Gasteiger charge is -2.35. The number of rotatable bonds is 5. The molecule has 1 N–H and O–H groups in total. The predicted octanol–water partition coefficient (Wildman–Crippen LogP) is 7.13. The van der Waals surface area contributed by atoms with E-state index < -0.39 is 29.0 Å². The van der Waals surface area contributed by atoms with Crippen LogP contribution in [0, 0.1) is 11.3 Å². The van der Waals surface area contributed by atoms with Crippen molar-refractivity contribution in [2.45, 2.75) is 43.2 Å². The van der Waals surface area contributed by atoms with Crippen LogP contribution in [0.4, 0.5) is 18.9 Å². The van der Waals surface area contributed by atoms with E-state index in [0.29, 0.717) is 18.4 Å². The second-order valence-corrected chi connectivity index (χ2v) is 9.32. The average Bonchev–Trinajstić information content (AvgIpc) is 3.41. The quantitative estimate of drug-likeness (QED) is 0.305. The maximum atomic E-state index is 13.6. The zero-order chi connectivity index (χ0) is 26.8. The van der Waals surface area contributed by atoms with Gasteiger partial charge in [0.05, 0.1) is 23.4 Å². The normalized spacial score (nSPS) is 19.5. The lowest BCUT2D eigenvalue weighted by atomic mass is 9.67. The van der Waals surface area contributed by atoms with E-state index in [0.717, 1.165) is 24.1 Å². The van der Waals surface area contributed by atoms with Crippen LogP contribution in [0.1, 0.15) is 59.1 Å². The first-order valence-electron chi connectivity index (χ1n) is 12.2. The third-order valence-electron chi connectivity index (χ3n) is 6.96. The Morgan fingerprint density at radius 1 is 1.00 bits per heavy atom. The molecule has 0 bridgehead atoms. The summed E-state index contributed by atoms with van der Waals surface area (Å²) in [6.45, 7) is 0. The van der Waals surface area contributed by atoms with Crippen LogP contribution >= 0.6 is 0 Å². The number of pyridine rings is 1. The number of carbonyl (C=O) groups excluding carboxylic acids is 1. The van der Waals surface area contributed by atoms with Crippen LogP contribution < -0.4 is 5.32 Å². The van der Waals surface area contributed by atoms with Gasteiger partial charge in [-0.2, -0.15) is 18.4 Å². The molecule has 2 aromatic heterocycles. The van der Waals surface area contributed by atoms with Gasteiger partial charge in [0.25, 0.3) is 5.91 Å². The molecule has 1 aliphatic carbocycles. The number of nitriles is 1. The molecular formula is C29H23F3N4O2. The van der Waals surface area contributed by atoms with Gasteiger partial charge in [-0.25, -0.2) is 4.98 Å². The number of amides is 1. The van der Waals surface area contributed by atoms with Crippen LogP contribution in [0.2, 0.25) is 0 Å². The van der Waals surface area contributed by atoms with E-state index in [1.54, 1.807) is 42.5 Å². The fraction of sp³-hybridized carbons (Fsp3) is 0.241. The van der Waals surface area contributed by atoms with Crippen molar-refractivity contribution in [3.05, 3.63) is 102 Å². The molecule has 1 saturated carbocycles. The Hall–Kier alpha value is -4.45. The summed E-state index contributed by atoms with van der Waals surface area (Å²) >= 11 is 0. The van der Waals surface area contributed by atoms with Crippen molar-refractivity contribution < 1.29 is 22.4 Å². The Labute approximate surface area is 217 Å². The lowest BCUT2D eigenvalue weighted by molar-refractivity contribution is -0.153. The number of hydrogen-bond acceptors (Lipinski definition) is 5. The van der Waals surface area contributed by atoms with Crippen molar-refractivity contribution in [3.63, 3.8) is 0 Å². The Bertz CT molecular complexity index is 1450. The molecule has 0 radical (unpaired) electrons. The van der Waals surface area contributed by atoms with Crippen LogP contribution in [0.15, 0.2) is 83.4 Å². The lowest BCUT2D eigenvalue weighted by Crippen LogP contribution is -2.29. The molecule has 4 aromatic rings. The van der Waals surface area contributed by atoms with Crippen molar-refractivity contribution in [2.24, 2.45) is 0 Å². The van der Waals surface area contributed by atoms with E-state index in [-0.39, 0.29) is 17.5 Å². The maximum Gasteiger partial charge on any atom is 0.452 e. The van der Waals surface area contributed by atoms with Crippen LogP contribution in [-0.4, -0.2) is 15.9 Å². The molecule has 0 saturated heterocycles. The number of anilines is 1. The summed E-state index contributed by atoms with van der Waals surface area (Å²) in [6.07, 6.45) is -0.520. The Balaban J connectivity index is 1.29. The highest BCUT2D eigenvalue weighted by Crippen LogP contribution is 2.44. The predicted molar refractivity (Wildman–Crippen MR) is 134 cm³/mol. The van der Waals surface area contributed by atoms with Crippen LogP contribution in [0.3, 0.4) is 0 Å². The van der Waals surface area contributed by atoms with Gasteiger partial charge in [-0.15, -0.1) is 0 Å². The van der Waals surface area contributed by atoms with E-state index in [2.05, 4.69) is 21.4 Å². The molecule has 0 unspecified atom stereocenters. The number of oxazole rings is 1. The molecule has 0 spiro atoms. The number of halogens is 3. The molecular weight excluding hydrogens is 493 g/mol. The van der Waals surface area contributed by atoms with Crippen LogP contribution in [-0.2, 0) is 11.6 Å². The van der Waals surface area contributed by atoms with Crippen molar-refractivity contribution in [2.75, 3.05) is 5.32 Å². The zero-order valence-corrected chi connectivity index (χ0v) is 20.2. The zero-order valence-electron chi connectivity index (χ0n) is 20.2. The number of alkyl halides is 3. The molecule has 2 aromatic carbocycles. The Morgan fingerprint density at radius 2 is 1.66 bits per heavy atom. The Morgan fingerprint density at radius 3 is 2.24 bits per heavy atom. The minimum atomic E-state index is -4.89. The van der Waals surface area contributed by atoms with Gasteiger partial charge in [0.1, 0.15) is 0 Å². The second kappa shape index (κ2) is 10.1. The number of benzene rings is 2. The van der Waals surface area contributed by atoms with Crippen molar-refractivity contribution in [3.8, 4) is 17.5 Å². The molecule has 38 heavy (non-hydrogen) atoms. The topological polar surface area (TPSA) is 91.8 Å². The minimum absolute atomic E-state index is 0.144. The maximum absolute atomic E-state index is 13.6. The van der Waals surface area contributed by atoms with Gasteiger partial charge in [-0.05, 0) is 55.5 Å². The number of carbonyl (C=O) groups is 1. The summed E-state index contributed by atoms with van der Waals surface area (Å²) in [5, 5.41) is 12.4. The smallest absolute Gasteiger partial charge is 0.431 e. The molecule has 192 valence electrons. The summed E-state index contributed by atoms with van der Waals surface area (Å²) < 4.78 is 45.7. The molecule has 9 heteroatoms. The van der Waals surface area contributed by atoms with Crippen molar-refractivity contribution in [1.29, 1.82) is 5.26 Å². The van der Waals surface area contributed by atoms with Crippen molar-refractivity contribution >= 4 is 11.6 Å². The molecule has 2 heterocycles. The first-order valence-corrected chi connectivity index (χ1v) is 12.2. The summed E-state index contributed by atoms with van der Waals surface area (Å²) in [5.41, 5.74) is 1.03. The monoisotopic (exact) mass is 516 g/mol. The van der Waals surface area contributed by atoms with Crippen LogP contribution in [0.5, 0.6) is 0 Å². The number of aromatic nitrogens is 2. The average molecular weight is 517 g/mol. The summed E-state index contributed by atoms with van der Waals surface area (Å²) in [7, 11) is 0. The van der Waals surface area contributed by atoms with E-state index in [9.17, 15) is 23.2 Å². The third kappa shape index (κ3) is 5.02. The van der Waals surface area contributed by atoms with Gasteiger partial charge in [0.2, 0.25) is 11.7 Å². The van der Waals surface area contributed by atoms with Gasteiger partial charge < -0.3 is 9.73 Å². The first kappa shape index (κ1) is 25.2. The molecule has 1 amide bonds. The fourth-order valence-corrected chi connectivity index (χ4v) is 4.91. The summed E-state index contributed by atoms with van der Waals surface area (Å²) in [4.78, 5) is 21.1. The number of nitrogens with one attached hydrogen (secondary N) is 1. The first-order chi connectivity index (χ1) is 18.3. The summed E-state index contributed by atoms with van der Waals surface area (Å²) in [6, 6.07) is 23.7. The van der Waals surface area contributed by atoms with E-state index in [1.807, 2.05) is 30.3 Å². The van der Waals surface area contributed by atoms with Gasteiger partial charge in [0, 0.05) is 17.2 Å². The van der Waals surface area contributed by atoms with Gasteiger partial charge in [-0.3, -0.25) is 9.78 Å². The highest BCUT2D eigenvalue weighted by Gasteiger charge is 2.42. The summed E-state index contributed by atoms with van der Waals surface area (Å²) in [5.74, 6) is -2.65. The molecule has 1 aliphatic rings. The van der Waals surface area contributed by atoms with E-state index in [1.165, 1.54) is 6.20 Å². The van der Waals surface area contributed by atoms with Gasteiger partial charge in [0.15, 0.2) is 5.69 Å². The van der Waals surface area contributed by atoms with Gasteiger partial charge in [-0.1, -0.05) is 48.5 Å². The second-order valence-electron chi connectivity index (χ2n) is 9.32. The van der Waals surface area contributed by atoms with Gasteiger partial charge >= 0.3 is 6.18 Å². The largest absolute Gasteiger partial charge is 0.452 e. The molecule has 0 aliphatic heterocycles. The molecule has 5 rings (SSSR count). The molecule has 0 atom stereocenters. The van der Waals surface area contributed by atoms with Crippen LogP contribution in [0.25, 0.3) is 11.5 Å². The minimum Gasteiger partial charge on any atom is -0.431 e. The number of nitrogens with zero attached hydrogens (tertiary/aromatic N) is 3. The standard InChI is InChI=1S/C29H23F3N4O2/c30-29(31,32)25-24(36-27(38-25)20-7-3-1-4-8-20)26(37)35-22-11-12-23(34-17-22)19-13-15-28(18-33,16-14-19)21-9-5-2-6-10-21/h1-12,17,19H,13-16H2,(H,35,37). The third-order valence-corrected chi connectivity index (χ3v) is 6.96. The van der Waals surface area contributed by atoms with E-state index >= 15 is 0 Å². The number of hydrogen-bond donors (Lipinski definition) is 1. The van der Waals surface area contributed by atoms with Crippen molar-refractivity contribution in [1.82, 2.24) is 9.97 Å². The Kier molecular flexibility index (Phi) is 6.72. The molecule has 1 fully saturated rings. The highest BCUT2D eigenvalue weighted by molar-refractivity contribution is 6.03. The fourth-order valence-electron chi connectivity index (χ4n) is 4.91. The highest BCUT2D eigenvalue weighted by atomic mass is 19.4. The van der Waals surface area contributed by atoms with E-state index in [4.69, 9.17) is 4.42 Å². The SMILES string of the molecule is N#CC1(c2ccccc2)CCC(c2ccc(NC(=O)c3nc(-c4ccccc4)oc3C(F)(F)F)cn2)CC1. The molecule has 6 nitrogen and oxygen atoms in total.